The highest BCUT2D eigenvalue weighted by atomic mass is 16.5. The molecule has 3 rings (SSSR count). The summed E-state index contributed by atoms with van der Waals surface area (Å²) in [6.45, 7) is -0.300. The Hall–Kier alpha value is -3.36. The van der Waals surface area contributed by atoms with E-state index in [-0.39, 0.29) is 18.9 Å². The van der Waals surface area contributed by atoms with Gasteiger partial charge in [-0.05, 0) is 24.3 Å². The summed E-state index contributed by atoms with van der Waals surface area (Å²) in [5.74, 6) is 0.424. The quantitative estimate of drug-likeness (QED) is 0.524. The van der Waals surface area contributed by atoms with Crippen LogP contribution in [0.1, 0.15) is 6.42 Å². The van der Waals surface area contributed by atoms with Crippen LogP contribution in [0, 0.1) is 0 Å². The van der Waals surface area contributed by atoms with E-state index >= 15 is 0 Å². The summed E-state index contributed by atoms with van der Waals surface area (Å²) in [4.78, 5) is 24.5. The summed E-state index contributed by atoms with van der Waals surface area (Å²) in [6, 6.07) is 15.1. The molecule has 0 spiro atoms. The van der Waals surface area contributed by atoms with E-state index in [0.29, 0.717) is 17.1 Å². The molecule has 0 aromatic heterocycles. The van der Waals surface area contributed by atoms with E-state index < -0.39 is 24.3 Å². The van der Waals surface area contributed by atoms with Crippen molar-refractivity contribution in [3.05, 3.63) is 66.7 Å². The van der Waals surface area contributed by atoms with Gasteiger partial charge in [0.05, 0.1) is 32.3 Å². The maximum Gasteiger partial charge on any atom is 0.319 e. The molecule has 0 radical (unpaired) electrons. The predicted octanol–water partition coefficient (Wildman–Crippen LogP) is 2.53. The highest BCUT2D eigenvalue weighted by Crippen LogP contribution is 2.19. The Morgan fingerprint density at radius 2 is 1.80 bits per heavy atom. The molecule has 0 fully saturated rings. The average molecular weight is 411 g/mol. The monoisotopic (exact) mass is 411 g/mol. The van der Waals surface area contributed by atoms with Crippen molar-refractivity contribution < 1.29 is 24.2 Å². The molecule has 3 amide bonds. The van der Waals surface area contributed by atoms with Crippen LogP contribution in [-0.2, 0) is 9.53 Å². The van der Waals surface area contributed by atoms with Gasteiger partial charge in [-0.2, -0.15) is 0 Å². The van der Waals surface area contributed by atoms with Gasteiger partial charge in [-0.25, -0.2) is 4.79 Å². The number of amides is 3. The fourth-order valence-electron chi connectivity index (χ4n) is 3.07. The maximum absolute atomic E-state index is 12.3. The van der Waals surface area contributed by atoms with Crippen LogP contribution in [0.5, 0.6) is 5.75 Å². The van der Waals surface area contributed by atoms with Crippen molar-refractivity contribution in [3.63, 3.8) is 0 Å². The van der Waals surface area contributed by atoms with Gasteiger partial charge >= 0.3 is 6.03 Å². The molecule has 1 heterocycles. The van der Waals surface area contributed by atoms with E-state index in [4.69, 9.17) is 9.47 Å². The van der Waals surface area contributed by atoms with Crippen molar-refractivity contribution in [3.8, 4) is 5.75 Å². The molecule has 2 aromatic rings. The minimum Gasteiger partial charge on any atom is -0.497 e. The molecule has 158 valence electrons. The van der Waals surface area contributed by atoms with Gasteiger partial charge in [0.2, 0.25) is 5.91 Å². The van der Waals surface area contributed by atoms with E-state index in [2.05, 4.69) is 16.0 Å². The molecule has 0 bridgehead atoms. The van der Waals surface area contributed by atoms with Crippen LogP contribution in [-0.4, -0.2) is 49.0 Å². The van der Waals surface area contributed by atoms with E-state index in [1.807, 2.05) is 18.2 Å². The summed E-state index contributed by atoms with van der Waals surface area (Å²) in [7, 11) is 1.55. The number of carbonyl (C=O) groups is 2. The molecule has 8 heteroatoms. The molecule has 8 nitrogen and oxygen atoms in total. The van der Waals surface area contributed by atoms with Crippen LogP contribution in [0.25, 0.3) is 0 Å². The first-order valence-electron chi connectivity index (χ1n) is 9.58. The van der Waals surface area contributed by atoms with Crippen molar-refractivity contribution in [1.29, 1.82) is 0 Å². The summed E-state index contributed by atoms with van der Waals surface area (Å²) in [5, 5.41) is 17.9. The second-order valence-electron chi connectivity index (χ2n) is 6.75. The van der Waals surface area contributed by atoms with Crippen LogP contribution in [0.2, 0.25) is 0 Å². The van der Waals surface area contributed by atoms with Gasteiger partial charge in [0.1, 0.15) is 11.9 Å². The highest BCUT2D eigenvalue weighted by Gasteiger charge is 2.29. The first kappa shape index (κ1) is 21.4. The molecule has 0 saturated heterocycles. The predicted molar refractivity (Wildman–Crippen MR) is 114 cm³/mol. The number of nitrogens with one attached hydrogen (secondary N) is 3. The zero-order valence-corrected chi connectivity index (χ0v) is 16.6. The van der Waals surface area contributed by atoms with Crippen LogP contribution >= 0.6 is 0 Å². The fraction of sp³-hybridized carbons (Fsp3) is 0.273. The van der Waals surface area contributed by atoms with Crippen molar-refractivity contribution in [2.75, 3.05) is 24.4 Å². The molecule has 0 unspecified atom stereocenters. The molecular formula is C22H25N3O5. The van der Waals surface area contributed by atoms with E-state index in [0.717, 1.165) is 0 Å². The van der Waals surface area contributed by atoms with Gasteiger partial charge in [-0.3, -0.25) is 4.79 Å². The molecule has 0 aliphatic carbocycles. The minimum atomic E-state index is -0.666. The van der Waals surface area contributed by atoms with Crippen molar-refractivity contribution in [1.82, 2.24) is 5.32 Å². The van der Waals surface area contributed by atoms with E-state index in [1.165, 1.54) is 0 Å². The van der Waals surface area contributed by atoms with Crippen LogP contribution in [0.4, 0.5) is 16.2 Å². The summed E-state index contributed by atoms with van der Waals surface area (Å²) in [6.07, 6.45) is 2.39. The van der Waals surface area contributed by atoms with E-state index in [9.17, 15) is 14.7 Å². The molecule has 4 N–H and O–H groups in total. The molecule has 3 atom stereocenters. The lowest BCUT2D eigenvalue weighted by atomic mass is 10.0. The molecule has 1 aliphatic rings. The van der Waals surface area contributed by atoms with Crippen LogP contribution in [0.3, 0.4) is 0 Å². The van der Waals surface area contributed by atoms with Gasteiger partial charge in [-0.1, -0.05) is 36.4 Å². The number of aliphatic hydroxyl groups is 1. The standard InChI is InChI=1S/C22H25N3O5/c1-29-17-9-5-8-16(12-17)24-22(28)25-19-11-10-18(30-20(19)14-26)13-21(27)23-15-6-3-2-4-7-15/h2-12,18-20,26H,13-14H2,1H3,(H,23,27)(H2,24,25,28)/t18-,19+,20-/m0/s1. The second-order valence-corrected chi connectivity index (χ2v) is 6.75. The number of anilines is 2. The smallest absolute Gasteiger partial charge is 0.319 e. The number of aliphatic hydroxyl groups excluding tert-OH is 1. The third-order valence-corrected chi connectivity index (χ3v) is 4.53. The van der Waals surface area contributed by atoms with Gasteiger partial charge in [0.15, 0.2) is 0 Å². The molecular weight excluding hydrogens is 386 g/mol. The Labute approximate surface area is 174 Å². The van der Waals surface area contributed by atoms with Crippen molar-refractivity contribution >= 4 is 23.3 Å². The SMILES string of the molecule is COc1cccc(NC(=O)N[C@@H]2C=C[C@@H](CC(=O)Nc3ccccc3)O[C@H]2CO)c1. The van der Waals surface area contributed by atoms with Crippen LogP contribution < -0.4 is 20.7 Å². The number of benzene rings is 2. The Kier molecular flexibility index (Phi) is 7.42. The number of para-hydroxylation sites is 1. The number of carbonyl (C=O) groups excluding carboxylic acids is 2. The maximum atomic E-state index is 12.3. The third-order valence-electron chi connectivity index (χ3n) is 4.53. The molecule has 0 saturated carbocycles. The fourth-order valence-corrected chi connectivity index (χ4v) is 3.07. The normalized spacial score (nSPS) is 20.3. The van der Waals surface area contributed by atoms with Crippen molar-refractivity contribution in [2.45, 2.75) is 24.7 Å². The number of urea groups is 1. The Bertz CT molecular complexity index is 887. The average Bonchev–Trinajstić information content (AvgIpc) is 2.75. The number of ether oxygens (including phenoxy) is 2. The first-order valence-corrected chi connectivity index (χ1v) is 9.58. The number of rotatable bonds is 7. The number of methoxy groups -OCH3 is 1. The van der Waals surface area contributed by atoms with Crippen molar-refractivity contribution in [2.24, 2.45) is 0 Å². The zero-order chi connectivity index (χ0) is 21.3. The molecule has 2 aromatic carbocycles. The lowest BCUT2D eigenvalue weighted by Gasteiger charge is -2.31. The Balaban J connectivity index is 1.54. The number of hydrogen-bond acceptors (Lipinski definition) is 5. The summed E-state index contributed by atoms with van der Waals surface area (Å²) >= 11 is 0. The first-order chi connectivity index (χ1) is 14.6. The zero-order valence-electron chi connectivity index (χ0n) is 16.6. The largest absolute Gasteiger partial charge is 0.497 e. The second kappa shape index (κ2) is 10.4. The van der Waals surface area contributed by atoms with E-state index in [1.54, 1.807) is 55.7 Å². The van der Waals surface area contributed by atoms with Gasteiger partial charge < -0.3 is 30.5 Å². The lowest BCUT2D eigenvalue weighted by molar-refractivity contribution is -0.120. The molecule has 30 heavy (non-hydrogen) atoms. The van der Waals surface area contributed by atoms with Gasteiger partial charge in [0.25, 0.3) is 0 Å². The van der Waals surface area contributed by atoms with Gasteiger partial charge in [0, 0.05) is 17.4 Å². The lowest BCUT2D eigenvalue weighted by Crippen LogP contribution is -2.50. The third kappa shape index (κ3) is 6.07. The summed E-state index contributed by atoms with van der Waals surface area (Å²) < 4.78 is 10.9. The Morgan fingerprint density at radius 1 is 1.03 bits per heavy atom. The summed E-state index contributed by atoms with van der Waals surface area (Å²) in [5.41, 5.74) is 1.28. The topological polar surface area (TPSA) is 109 Å². The molecule has 1 aliphatic heterocycles. The number of hydrogen-bond donors (Lipinski definition) is 4. The minimum absolute atomic E-state index is 0.102. The van der Waals surface area contributed by atoms with Gasteiger partial charge in [-0.15, -0.1) is 0 Å². The van der Waals surface area contributed by atoms with Crippen LogP contribution in [0.15, 0.2) is 66.7 Å². The Morgan fingerprint density at radius 3 is 2.53 bits per heavy atom. The highest BCUT2D eigenvalue weighted by molar-refractivity contribution is 5.91.